The normalized spacial score (nSPS) is 10.2. The van der Waals surface area contributed by atoms with E-state index < -0.39 is 0 Å². The molecule has 1 aromatic heterocycles. The Hall–Kier alpha value is -2.23. The second-order valence-corrected chi connectivity index (χ2v) is 3.94. The number of imidazole rings is 1. The van der Waals surface area contributed by atoms with Gasteiger partial charge in [0.25, 0.3) is 0 Å². The molecule has 1 aromatic carbocycles. The van der Waals surface area contributed by atoms with E-state index in [0.717, 1.165) is 28.5 Å². The van der Waals surface area contributed by atoms with E-state index in [2.05, 4.69) is 21.9 Å². The summed E-state index contributed by atoms with van der Waals surface area (Å²) in [6.07, 6.45) is 0. The molecule has 0 amide bonds. The Morgan fingerprint density at radius 2 is 1.94 bits per heavy atom. The molecule has 0 saturated carbocycles. The van der Waals surface area contributed by atoms with Crippen LogP contribution in [0.25, 0.3) is 11.3 Å². The van der Waals surface area contributed by atoms with Gasteiger partial charge in [-0.15, -0.1) is 0 Å². The molecule has 0 fully saturated rings. The van der Waals surface area contributed by atoms with Gasteiger partial charge in [0.15, 0.2) is 5.88 Å². The quantitative estimate of drug-likeness (QED) is 0.708. The van der Waals surface area contributed by atoms with Gasteiger partial charge in [-0.25, -0.2) is 4.98 Å². The zero-order valence-electron chi connectivity index (χ0n) is 9.91. The van der Waals surface area contributed by atoms with Crippen LogP contribution in [0, 0.1) is 13.8 Å². The summed E-state index contributed by atoms with van der Waals surface area (Å²) >= 11 is 0. The fourth-order valence-electron chi connectivity index (χ4n) is 1.77. The van der Waals surface area contributed by atoms with Crippen LogP contribution >= 0.6 is 0 Å². The van der Waals surface area contributed by atoms with Crippen molar-refractivity contribution < 1.29 is 5.11 Å². The first-order chi connectivity index (χ1) is 8.06. The predicted molar refractivity (Wildman–Crippen MR) is 68.9 cm³/mol. The second kappa shape index (κ2) is 4.33. The number of hydrogen-bond donors (Lipinski definition) is 3. The summed E-state index contributed by atoms with van der Waals surface area (Å²) in [7, 11) is 0. The van der Waals surface area contributed by atoms with E-state index in [4.69, 9.17) is 5.11 Å². The molecule has 3 N–H and O–H groups in total. The van der Waals surface area contributed by atoms with E-state index in [1.807, 2.05) is 38.1 Å². The van der Waals surface area contributed by atoms with Crippen molar-refractivity contribution in [3.8, 4) is 11.3 Å². The van der Waals surface area contributed by atoms with Crippen LogP contribution in [0.15, 0.2) is 36.7 Å². The molecule has 0 spiro atoms. The third-order valence-corrected chi connectivity index (χ3v) is 2.45. The summed E-state index contributed by atoms with van der Waals surface area (Å²) in [5, 5.41) is 11.8. The third-order valence-electron chi connectivity index (χ3n) is 2.45. The number of aromatic amines is 1. The Kier molecular flexibility index (Phi) is 2.87. The zero-order valence-corrected chi connectivity index (χ0v) is 9.91. The SMILES string of the molecule is C=C(O)Nc1ccc(-c2nc(C)[nH]c2C)cc1. The minimum Gasteiger partial charge on any atom is -0.495 e. The van der Waals surface area contributed by atoms with E-state index in [9.17, 15) is 0 Å². The monoisotopic (exact) mass is 229 g/mol. The minimum absolute atomic E-state index is 0.0652. The Bertz CT molecular complexity index is 540. The maximum absolute atomic E-state index is 9.02. The van der Waals surface area contributed by atoms with Crippen molar-refractivity contribution in [2.75, 3.05) is 5.32 Å². The molecule has 17 heavy (non-hydrogen) atoms. The molecular formula is C13H15N3O. The van der Waals surface area contributed by atoms with Crippen LogP contribution in [0.4, 0.5) is 5.69 Å². The van der Waals surface area contributed by atoms with E-state index in [0.29, 0.717) is 0 Å². The Balaban J connectivity index is 2.29. The molecule has 4 heteroatoms. The van der Waals surface area contributed by atoms with Gasteiger partial charge in [-0.1, -0.05) is 12.1 Å². The van der Waals surface area contributed by atoms with E-state index in [1.54, 1.807) is 0 Å². The van der Waals surface area contributed by atoms with Gasteiger partial charge in [0, 0.05) is 16.9 Å². The molecule has 0 bridgehead atoms. The third kappa shape index (κ3) is 2.47. The number of hydrogen-bond acceptors (Lipinski definition) is 3. The summed E-state index contributed by atoms with van der Waals surface area (Å²) in [6, 6.07) is 7.65. The molecular weight excluding hydrogens is 214 g/mol. The Morgan fingerprint density at radius 1 is 1.29 bits per heavy atom. The molecule has 0 aliphatic heterocycles. The fourth-order valence-corrected chi connectivity index (χ4v) is 1.77. The van der Waals surface area contributed by atoms with E-state index >= 15 is 0 Å². The zero-order chi connectivity index (χ0) is 12.4. The van der Waals surface area contributed by atoms with Crippen LogP contribution in [0.2, 0.25) is 0 Å². The van der Waals surface area contributed by atoms with Crippen LogP contribution < -0.4 is 5.32 Å². The van der Waals surface area contributed by atoms with Crippen molar-refractivity contribution in [2.45, 2.75) is 13.8 Å². The number of aliphatic hydroxyl groups is 1. The molecule has 2 aromatic rings. The molecule has 88 valence electrons. The van der Waals surface area contributed by atoms with Gasteiger partial charge in [-0.05, 0) is 32.6 Å². The maximum Gasteiger partial charge on any atom is 0.181 e. The minimum atomic E-state index is -0.0652. The van der Waals surface area contributed by atoms with Crippen molar-refractivity contribution in [3.05, 3.63) is 48.2 Å². The van der Waals surface area contributed by atoms with Crippen LogP contribution in [-0.4, -0.2) is 15.1 Å². The second-order valence-electron chi connectivity index (χ2n) is 3.94. The van der Waals surface area contributed by atoms with E-state index in [-0.39, 0.29) is 5.88 Å². The van der Waals surface area contributed by atoms with Crippen LogP contribution in [0.1, 0.15) is 11.5 Å². The molecule has 0 atom stereocenters. The lowest BCUT2D eigenvalue weighted by molar-refractivity contribution is 0.422. The van der Waals surface area contributed by atoms with Crippen molar-refractivity contribution in [1.29, 1.82) is 0 Å². The average molecular weight is 229 g/mol. The van der Waals surface area contributed by atoms with Gasteiger partial charge >= 0.3 is 0 Å². The van der Waals surface area contributed by atoms with Crippen LogP contribution in [0.5, 0.6) is 0 Å². The number of rotatable bonds is 3. The standard InChI is InChI=1S/C13H15N3O/c1-8-13(15-9(2)14-8)11-4-6-12(7-5-11)16-10(3)17/h4-7,16-17H,3H2,1-2H3,(H,14,15). The van der Waals surface area contributed by atoms with Crippen LogP contribution in [-0.2, 0) is 0 Å². The lowest BCUT2D eigenvalue weighted by Crippen LogP contribution is -1.95. The van der Waals surface area contributed by atoms with Gasteiger partial charge < -0.3 is 15.4 Å². The van der Waals surface area contributed by atoms with Gasteiger partial charge in [0.2, 0.25) is 0 Å². The van der Waals surface area contributed by atoms with Crippen molar-refractivity contribution in [2.24, 2.45) is 0 Å². The topological polar surface area (TPSA) is 60.9 Å². The Morgan fingerprint density at radius 3 is 2.41 bits per heavy atom. The molecule has 0 unspecified atom stereocenters. The first-order valence-electron chi connectivity index (χ1n) is 5.35. The van der Waals surface area contributed by atoms with Crippen molar-refractivity contribution in [3.63, 3.8) is 0 Å². The first kappa shape index (κ1) is 11.3. The van der Waals surface area contributed by atoms with Gasteiger partial charge in [-0.2, -0.15) is 0 Å². The summed E-state index contributed by atoms with van der Waals surface area (Å²) in [4.78, 5) is 7.60. The number of aryl methyl sites for hydroxylation is 2. The number of aliphatic hydroxyl groups excluding tert-OH is 1. The molecule has 0 aliphatic carbocycles. The summed E-state index contributed by atoms with van der Waals surface area (Å²) < 4.78 is 0. The number of nitrogens with one attached hydrogen (secondary N) is 2. The highest BCUT2D eigenvalue weighted by molar-refractivity contribution is 5.65. The molecule has 2 rings (SSSR count). The van der Waals surface area contributed by atoms with Crippen molar-refractivity contribution >= 4 is 5.69 Å². The average Bonchev–Trinajstić information content (AvgIpc) is 2.58. The number of benzene rings is 1. The van der Waals surface area contributed by atoms with E-state index in [1.165, 1.54) is 0 Å². The highest BCUT2D eigenvalue weighted by atomic mass is 16.3. The number of nitrogens with zero attached hydrogens (tertiary/aromatic N) is 1. The van der Waals surface area contributed by atoms with Gasteiger partial charge in [-0.3, -0.25) is 0 Å². The molecule has 0 aliphatic rings. The lowest BCUT2D eigenvalue weighted by atomic mass is 10.1. The molecule has 0 saturated heterocycles. The highest BCUT2D eigenvalue weighted by Gasteiger charge is 2.06. The summed E-state index contributed by atoms with van der Waals surface area (Å²) in [5.74, 6) is 0.841. The molecule has 4 nitrogen and oxygen atoms in total. The summed E-state index contributed by atoms with van der Waals surface area (Å²) in [6.45, 7) is 7.31. The first-order valence-corrected chi connectivity index (χ1v) is 5.35. The maximum atomic E-state index is 9.02. The molecule has 1 heterocycles. The lowest BCUT2D eigenvalue weighted by Gasteiger charge is -2.04. The highest BCUT2D eigenvalue weighted by Crippen LogP contribution is 2.23. The number of anilines is 1. The van der Waals surface area contributed by atoms with Crippen molar-refractivity contribution in [1.82, 2.24) is 9.97 Å². The Labute approximate surface area is 100 Å². The number of H-pyrrole nitrogens is 1. The predicted octanol–water partition coefficient (Wildman–Crippen LogP) is 3.13. The van der Waals surface area contributed by atoms with Gasteiger partial charge in [0.05, 0.1) is 5.69 Å². The fraction of sp³-hybridized carbons (Fsp3) is 0.154. The smallest absolute Gasteiger partial charge is 0.181 e. The molecule has 0 radical (unpaired) electrons. The van der Waals surface area contributed by atoms with Gasteiger partial charge in [0.1, 0.15) is 5.82 Å². The number of aromatic nitrogens is 2. The largest absolute Gasteiger partial charge is 0.495 e. The summed E-state index contributed by atoms with van der Waals surface area (Å²) in [5.41, 5.74) is 3.85. The van der Waals surface area contributed by atoms with Crippen LogP contribution in [0.3, 0.4) is 0 Å².